The van der Waals surface area contributed by atoms with Crippen LogP contribution in [0.15, 0.2) is 30.6 Å². The minimum atomic E-state index is -0.355. The summed E-state index contributed by atoms with van der Waals surface area (Å²) in [5.74, 6) is 0.102. The fourth-order valence-corrected chi connectivity index (χ4v) is 3.61. The molecule has 0 aliphatic heterocycles. The molecule has 0 spiro atoms. The Hall–Kier alpha value is -3.00. The zero-order chi connectivity index (χ0) is 18.7. The van der Waals surface area contributed by atoms with Crippen molar-refractivity contribution in [3.8, 4) is 0 Å². The van der Waals surface area contributed by atoms with Gasteiger partial charge >= 0.3 is 5.97 Å². The number of benzene rings is 1. The highest BCUT2D eigenvalue weighted by Crippen LogP contribution is 2.35. The maximum atomic E-state index is 12.1. The van der Waals surface area contributed by atoms with Gasteiger partial charge in [-0.3, -0.25) is 4.79 Å². The number of ether oxygens (including phenoxy) is 1. The first-order valence-corrected chi connectivity index (χ1v) is 8.87. The third-order valence-corrected chi connectivity index (χ3v) is 4.81. The van der Waals surface area contributed by atoms with Gasteiger partial charge in [0, 0.05) is 18.3 Å². The van der Waals surface area contributed by atoms with Gasteiger partial charge in [-0.2, -0.15) is 0 Å². The van der Waals surface area contributed by atoms with Crippen LogP contribution in [0.3, 0.4) is 0 Å². The molecule has 0 saturated carbocycles. The number of nitrogens with zero attached hydrogens (tertiary/aromatic N) is 2. The lowest BCUT2D eigenvalue weighted by molar-refractivity contribution is -0.114. The monoisotopic (exact) mass is 370 g/mol. The summed E-state index contributed by atoms with van der Waals surface area (Å²) in [6, 6.07) is 7.31. The number of aryl methyl sites for hydroxylation is 1. The van der Waals surface area contributed by atoms with Crippen molar-refractivity contribution in [3.05, 3.63) is 41.0 Å². The molecule has 7 nitrogen and oxygen atoms in total. The van der Waals surface area contributed by atoms with Gasteiger partial charge < -0.3 is 15.4 Å². The number of aromatic nitrogens is 2. The van der Waals surface area contributed by atoms with E-state index >= 15 is 0 Å². The van der Waals surface area contributed by atoms with Crippen molar-refractivity contribution in [3.63, 3.8) is 0 Å². The number of nitrogens with one attached hydrogen (secondary N) is 2. The average Bonchev–Trinajstić information content (AvgIpc) is 2.93. The van der Waals surface area contributed by atoms with E-state index in [2.05, 4.69) is 20.6 Å². The molecular weight excluding hydrogens is 352 g/mol. The van der Waals surface area contributed by atoms with E-state index in [-0.39, 0.29) is 11.9 Å². The SMILES string of the molecule is CCOC(=O)c1sc2ncnc(Nc3cccc(NC(C)=O)c3)c2c1C. The zero-order valence-electron chi connectivity index (χ0n) is 14.6. The van der Waals surface area contributed by atoms with Gasteiger partial charge in [-0.15, -0.1) is 11.3 Å². The summed E-state index contributed by atoms with van der Waals surface area (Å²) in [6.07, 6.45) is 1.45. The lowest BCUT2D eigenvalue weighted by atomic mass is 10.2. The van der Waals surface area contributed by atoms with Crippen molar-refractivity contribution in [1.82, 2.24) is 9.97 Å². The number of hydrogen-bond donors (Lipinski definition) is 2. The van der Waals surface area contributed by atoms with Crippen molar-refractivity contribution in [2.24, 2.45) is 0 Å². The van der Waals surface area contributed by atoms with Gasteiger partial charge in [0.05, 0.1) is 12.0 Å². The van der Waals surface area contributed by atoms with E-state index in [4.69, 9.17) is 4.74 Å². The standard InChI is InChI=1S/C18H18N4O3S/c1-4-25-18(24)15-10(2)14-16(19-9-20-17(14)26-15)22-13-7-5-6-12(8-13)21-11(3)23/h5-9H,4H2,1-3H3,(H,21,23)(H,19,20,22). The lowest BCUT2D eigenvalue weighted by Gasteiger charge is -2.09. The molecule has 0 unspecified atom stereocenters. The van der Waals surface area contributed by atoms with E-state index in [1.54, 1.807) is 13.0 Å². The molecule has 0 aliphatic carbocycles. The molecular formula is C18H18N4O3S. The number of carbonyl (C=O) groups excluding carboxylic acids is 2. The Morgan fingerprint density at radius 3 is 2.73 bits per heavy atom. The number of fused-ring (bicyclic) bond motifs is 1. The number of thiophene rings is 1. The van der Waals surface area contributed by atoms with Crippen LogP contribution < -0.4 is 10.6 Å². The summed E-state index contributed by atoms with van der Waals surface area (Å²) in [7, 11) is 0. The predicted octanol–water partition coefficient (Wildman–Crippen LogP) is 3.88. The lowest BCUT2D eigenvalue weighted by Crippen LogP contribution is -2.06. The highest BCUT2D eigenvalue weighted by molar-refractivity contribution is 7.20. The second-order valence-electron chi connectivity index (χ2n) is 5.57. The Morgan fingerprint density at radius 1 is 1.23 bits per heavy atom. The first-order chi connectivity index (χ1) is 12.5. The molecule has 26 heavy (non-hydrogen) atoms. The molecule has 0 bridgehead atoms. The highest BCUT2D eigenvalue weighted by atomic mass is 32.1. The molecule has 3 rings (SSSR count). The molecule has 3 aromatic rings. The molecule has 0 atom stereocenters. The maximum absolute atomic E-state index is 12.1. The van der Waals surface area contributed by atoms with E-state index in [0.717, 1.165) is 16.6 Å². The average molecular weight is 370 g/mol. The molecule has 134 valence electrons. The first-order valence-electron chi connectivity index (χ1n) is 8.05. The number of carbonyl (C=O) groups is 2. The number of esters is 1. The van der Waals surface area contributed by atoms with Crippen LogP contribution >= 0.6 is 11.3 Å². The number of amides is 1. The Morgan fingerprint density at radius 2 is 2.00 bits per heavy atom. The first kappa shape index (κ1) is 17.8. The second-order valence-corrected chi connectivity index (χ2v) is 6.57. The summed E-state index contributed by atoms with van der Waals surface area (Å²) in [6.45, 7) is 5.40. The Balaban J connectivity index is 1.98. The van der Waals surface area contributed by atoms with Crippen molar-refractivity contribution in [2.75, 3.05) is 17.2 Å². The third kappa shape index (κ3) is 3.65. The van der Waals surface area contributed by atoms with Crippen LogP contribution in [0.2, 0.25) is 0 Å². The zero-order valence-corrected chi connectivity index (χ0v) is 15.4. The number of rotatable bonds is 5. The van der Waals surface area contributed by atoms with E-state index < -0.39 is 0 Å². The summed E-state index contributed by atoms with van der Waals surface area (Å²) >= 11 is 1.29. The molecule has 2 N–H and O–H groups in total. The smallest absolute Gasteiger partial charge is 0.348 e. The molecule has 2 aromatic heterocycles. The Labute approximate surface area is 154 Å². The van der Waals surface area contributed by atoms with Crippen LogP contribution in [0.25, 0.3) is 10.2 Å². The molecule has 0 fully saturated rings. The van der Waals surface area contributed by atoms with Crippen molar-refractivity contribution < 1.29 is 14.3 Å². The molecule has 0 aliphatic rings. The van der Waals surface area contributed by atoms with Crippen LogP contribution in [0.5, 0.6) is 0 Å². The Kier molecular flexibility index (Phi) is 5.13. The van der Waals surface area contributed by atoms with Crippen molar-refractivity contribution in [2.45, 2.75) is 20.8 Å². The summed E-state index contributed by atoms with van der Waals surface area (Å²) in [5, 5.41) is 6.76. The normalized spacial score (nSPS) is 10.6. The molecule has 0 saturated heterocycles. The highest BCUT2D eigenvalue weighted by Gasteiger charge is 2.20. The number of anilines is 3. The third-order valence-electron chi connectivity index (χ3n) is 3.63. The molecule has 1 amide bonds. The summed E-state index contributed by atoms with van der Waals surface area (Å²) < 4.78 is 5.11. The van der Waals surface area contributed by atoms with Crippen LogP contribution in [-0.2, 0) is 9.53 Å². The molecule has 8 heteroatoms. The maximum Gasteiger partial charge on any atom is 0.348 e. The van der Waals surface area contributed by atoms with Gasteiger partial charge in [0.1, 0.15) is 21.9 Å². The van der Waals surface area contributed by atoms with Gasteiger partial charge in [0.2, 0.25) is 5.91 Å². The van der Waals surface area contributed by atoms with Gasteiger partial charge in [-0.05, 0) is 37.6 Å². The second kappa shape index (κ2) is 7.49. The van der Waals surface area contributed by atoms with Gasteiger partial charge in [-0.1, -0.05) is 6.07 Å². The van der Waals surface area contributed by atoms with E-state index in [1.165, 1.54) is 24.6 Å². The topological polar surface area (TPSA) is 93.2 Å². The van der Waals surface area contributed by atoms with Gasteiger partial charge in [-0.25, -0.2) is 14.8 Å². The van der Waals surface area contributed by atoms with Crippen LogP contribution in [-0.4, -0.2) is 28.5 Å². The van der Waals surface area contributed by atoms with Crippen LogP contribution in [0.4, 0.5) is 17.2 Å². The predicted molar refractivity (Wildman–Crippen MR) is 102 cm³/mol. The molecule has 0 radical (unpaired) electrons. The Bertz CT molecular complexity index is 984. The molecule has 1 aromatic carbocycles. The van der Waals surface area contributed by atoms with Crippen molar-refractivity contribution in [1.29, 1.82) is 0 Å². The van der Waals surface area contributed by atoms with E-state index in [9.17, 15) is 9.59 Å². The fourth-order valence-electron chi connectivity index (χ4n) is 2.57. The molecule has 2 heterocycles. The largest absolute Gasteiger partial charge is 0.462 e. The van der Waals surface area contributed by atoms with E-state index in [1.807, 2.05) is 25.1 Å². The minimum Gasteiger partial charge on any atom is -0.462 e. The van der Waals surface area contributed by atoms with Gasteiger partial charge in [0.25, 0.3) is 0 Å². The van der Waals surface area contributed by atoms with Crippen LogP contribution in [0.1, 0.15) is 29.1 Å². The van der Waals surface area contributed by atoms with Gasteiger partial charge in [0.15, 0.2) is 0 Å². The van der Waals surface area contributed by atoms with E-state index in [0.29, 0.717) is 27.8 Å². The quantitative estimate of drug-likeness (QED) is 0.662. The fraction of sp³-hybridized carbons (Fsp3) is 0.222. The summed E-state index contributed by atoms with van der Waals surface area (Å²) in [5.41, 5.74) is 2.23. The minimum absolute atomic E-state index is 0.140. The summed E-state index contributed by atoms with van der Waals surface area (Å²) in [4.78, 5) is 33.2. The number of hydrogen-bond acceptors (Lipinski definition) is 7. The van der Waals surface area contributed by atoms with Crippen molar-refractivity contribution >= 4 is 50.6 Å². The van der Waals surface area contributed by atoms with Crippen LogP contribution in [0, 0.1) is 6.92 Å².